The Morgan fingerprint density at radius 1 is 0.906 bits per heavy atom. The zero-order chi connectivity index (χ0) is 21.9. The van der Waals surface area contributed by atoms with Crippen molar-refractivity contribution >= 4 is 29.9 Å². The van der Waals surface area contributed by atoms with Gasteiger partial charge < -0.3 is 20.3 Å². The summed E-state index contributed by atoms with van der Waals surface area (Å²) in [5.74, 6) is 1.70. The van der Waals surface area contributed by atoms with Crippen LogP contribution < -0.4 is 15.4 Å². The maximum absolute atomic E-state index is 5.44. The van der Waals surface area contributed by atoms with E-state index >= 15 is 0 Å². The molecule has 3 rings (SSSR count). The number of hydrogen-bond acceptors (Lipinski definition) is 4. The highest BCUT2D eigenvalue weighted by Gasteiger charge is 2.15. The van der Waals surface area contributed by atoms with Crippen molar-refractivity contribution in [2.75, 3.05) is 46.4 Å². The van der Waals surface area contributed by atoms with Gasteiger partial charge in [0.25, 0.3) is 0 Å². The van der Waals surface area contributed by atoms with Crippen LogP contribution in [0.25, 0.3) is 0 Å². The van der Waals surface area contributed by atoms with Gasteiger partial charge in [-0.2, -0.15) is 0 Å². The summed E-state index contributed by atoms with van der Waals surface area (Å²) in [5, 5.41) is 6.73. The highest BCUT2D eigenvalue weighted by Crippen LogP contribution is 2.16. The molecule has 32 heavy (non-hydrogen) atoms. The predicted octanol–water partition coefficient (Wildman–Crippen LogP) is 3.71. The average molecular weight is 552 g/mol. The van der Waals surface area contributed by atoms with E-state index in [4.69, 9.17) is 9.73 Å². The molecule has 6 nitrogen and oxygen atoms in total. The van der Waals surface area contributed by atoms with Crippen molar-refractivity contribution in [2.45, 2.75) is 33.5 Å². The number of nitrogens with one attached hydrogen (secondary N) is 2. The summed E-state index contributed by atoms with van der Waals surface area (Å²) in [4.78, 5) is 9.82. The number of ether oxygens (including phenoxy) is 1. The second-order valence-corrected chi connectivity index (χ2v) is 7.89. The van der Waals surface area contributed by atoms with Gasteiger partial charge in [-0.25, -0.2) is 4.99 Å². The Balaban J connectivity index is 0.00000363. The van der Waals surface area contributed by atoms with E-state index in [9.17, 15) is 0 Å². The van der Waals surface area contributed by atoms with Crippen molar-refractivity contribution in [3.05, 3.63) is 65.2 Å². The van der Waals surface area contributed by atoms with Crippen LogP contribution in [0.1, 0.15) is 30.5 Å². The number of aliphatic imine (C=N–C) groups is 1. The highest BCUT2D eigenvalue weighted by atomic mass is 127. The SMILES string of the molecule is CCNC(=NCc1ccc(CN2CCN(CC)CC2)cc1)NCc1ccccc1OC.I. The molecule has 7 heteroatoms. The Kier molecular flexibility index (Phi) is 11.8. The van der Waals surface area contributed by atoms with Crippen molar-refractivity contribution < 1.29 is 4.74 Å². The molecule has 2 aromatic rings. The molecule has 2 N–H and O–H groups in total. The molecule has 0 radical (unpaired) electrons. The van der Waals surface area contributed by atoms with E-state index in [-0.39, 0.29) is 24.0 Å². The zero-order valence-electron chi connectivity index (χ0n) is 19.6. The van der Waals surface area contributed by atoms with Gasteiger partial charge in [-0.05, 0) is 30.7 Å². The Morgan fingerprint density at radius 2 is 1.56 bits per heavy atom. The van der Waals surface area contributed by atoms with Gasteiger partial charge in [0.1, 0.15) is 5.75 Å². The highest BCUT2D eigenvalue weighted by molar-refractivity contribution is 14.0. The molecule has 1 aliphatic heterocycles. The van der Waals surface area contributed by atoms with Crippen LogP contribution in [-0.2, 0) is 19.6 Å². The standard InChI is InChI=1S/C25H37N5O.HI/c1-4-26-25(28-19-23-8-6-7-9-24(23)31-3)27-18-21-10-12-22(13-11-21)20-30-16-14-29(5-2)15-17-30;/h6-13H,4-5,14-20H2,1-3H3,(H2,26,27,28);1H. The third kappa shape index (κ3) is 8.26. The number of piperazine rings is 1. The Morgan fingerprint density at radius 3 is 2.22 bits per heavy atom. The normalized spacial score (nSPS) is 15.2. The topological polar surface area (TPSA) is 52.1 Å². The van der Waals surface area contributed by atoms with E-state index in [0.29, 0.717) is 13.1 Å². The van der Waals surface area contributed by atoms with Crippen LogP contribution in [-0.4, -0.2) is 62.1 Å². The van der Waals surface area contributed by atoms with Crippen LogP contribution in [0.15, 0.2) is 53.5 Å². The van der Waals surface area contributed by atoms with Crippen LogP contribution in [0, 0.1) is 0 Å². The quantitative estimate of drug-likeness (QED) is 0.283. The number of rotatable bonds is 9. The molecule has 0 aliphatic carbocycles. The lowest BCUT2D eigenvalue weighted by molar-refractivity contribution is 0.132. The number of likely N-dealkylation sites (N-methyl/N-ethyl adjacent to an activating group) is 1. The molecule has 1 heterocycles. The molecule has 0 saturated carbocycles. The Hall–Kier alpha value is -1.84. The minimum absolute atomic E-state index is 0. The molecule has 176 valence electrons. The van der Waals surface area contributed by atoms with Crippen LogP contribution >= 0.6 is 24.0 Å². The molecule has 1 saturated heterocycles. The molecule has 1 aliphatic rings. The minimum Gasteiger partial charge on any atom is -0.496 e. The van der Waals surface area contributed by atoms with Gasteiger partial charge in [-0.15, -0.1) is 24.0 Å². The van der Waals surface area contributed by atoms with Crippen LogP contribution in [0.3, 0.4) is 0 Å². The first-order valence-corrected chi connectivity index (χ1v) is 11.4. The summed E-state index contributed by atoms with van der Waals surface area (Å²) in [7, 11) is 1.70. The summed E-state index contributed by atoms with van der Waals surface area (Å²) >= 11 is 0. The Labute approximate surface area is 210 Å². The zero-order valence-corrected chi connectivity index (χ0v) is 22.0. The molecular weight excluding hydrogens is 513 g/mol. The molecule has 0 spiro atoms. The van der Waals surface area contributed by atoms with Gasteiger partial charge in [0.05, 0.1) is 13.7 Å². The lowest BCUT2D eigenvalue weighted by Crippen LogP contribution is -2.45. The minimum atomic E-state index is 0. The summed E-state index contributed by atoms with van der Waals surface area (Å²) < 4.78 is 5.44. The molecule has 0 atom stereocenters. The number of para-hydroxylation sites is 1. The number of nitrogens with zero attached hydrogens (tertiary/aromatic N) is 3. The van der Waals surface area contributed by atoms with Gasteiger partial charge in [-0.3, -0.25) is 4.90 Å². The van der Waals surface area contributed by atoms with Crippen molar-refractivity contribution in [3.63, 3.8) is 0 Å². The van der Waals surface area contributed by atoms with Gasteiger partial charge in [0.2, 0.25) is 0 Å². The second kappa shape index (κ2) is 14.3. The fourth-order valence-corrected chi connectivity index (χ4v) is 3.81. The molecule has 0 amide bonds. The number of halogens is 1. The van der Waals surface area contributed by atoms with Gasteiger partial charge in [-0.1, -0.05) is 49.4 Å². The fourth-order valence-electron chi connectivity index (χ4n) is 3.81. The Bertz CT molecular complexity index is 819. The number of benzene rings is 2. The fraction of sp³-hybridized carbons (Fsp3) is 0.480. The smallest absolute Gasteiger partial charge is 0.191 e. The predicted molar refractivity (Wildman–Crippen MR) is 144 cm³/mol. The summed E-state index contributed by atoms with van der Waals surface area (Å²) in [6, 6.07) is 16.9. The largest absolute Gasteiger partial charge is 0.496 e. The first-order valence-electron chi connectivity index (χ1n) is 11.4. The van der Waals surface area contributed by atoms with Crippen molar-refractivity contribution in [3.8, 4) is 5.75 Å². The molecule has 0 unspecified atom stereocenters. The summed E-state index contributed by atoms with van der Waals surface area (Å²) in [6.45, 7) is 13.3. The molecular formula is C25H38IN5O. The van der Waals surface area contributed by atoms with E-state index in [2.05, 4.69) is 64.6 Å². The summed E-state index contributed by atoms with van der Waals surface area (Å²) in [6.07, 6.45) is 0. The molecule has 0 aromatic heterocycles. The summed E-state index contributed by atoms with van der Waals surface area (Å²) in [5.41, 5.74) is 3.70. The number of methoxy groups -OCH3 is 1. The van der Waals surface area contributed by atoms with E-state index in [0.717, 1.165) is 50.0 Å². The monoisotopic (exact) mass is 551 g/mol. The first kappa shape index (κ1) is 26.4. The maximum Gasteiger partial charge on any atom is 0.191 e. The van der Waals surface area contributed by atoms with Crippen molar-refractivity contribution in [1.82, 2.24) is 20.4 Å². The first-order chi connectivity index (χ1) is 15.2. The molecule has 2 aromatic carbocycles. The van der Waals surface area contributed by atoms with E-state index in [1.165, 1.54) is 24.2 Å². The van der Waals surface area contributed by atoms with Crippen LogP contribution in [0.2, 0.25) is 0 Å². The van der Waals surface area contributed by atoms with E-state index in [1.54, 1.807) is 7.11 Å². The maximum atomic E-state index is 5.44. The number of guanidine groups is 1. The van der Waals surface area contributed by atoms with Crippen LogP contribution in [0.5, 0.6) is 5.75 Å². The van der Waals surface area contributed by atoms with Gasteiger partial charge in [0.15, 0.2) is 5.96 Å². The third-order valence-electron chi connectivity index (χ3n) is 5.74. The van der Waals surface area contributed by atoms with Crippen molar-refractivity contribution in [2.24, 2.45) is 4.99 Å². The molecule has 1 fully saturated rings. The third-order valence-corrected chi connectivity index (χ3v) is 5.74. The molecule has 0 bridgehead atoms. The van der Waals surface area contributed by atoms with E-state index in [1.807, 2.05) is 18.2 Å². The van der Waals surface area contributed by atoms with Crippen LogP contribution in [0.4, 0.5) is 0 Å². The van der Waals surface area contributed by atoms with E-state index < -0.39 is 0 Å². The van der Waals surface area contributed by atoms with Gasteiger partial charge in [0, 0.05) is 51.4 Å². The van der Waals surface area contributed by atoms with Gasteiger partial charge >= 0.3 is 0 Å². The number of hydrogen-bond donors (Lipinski definition) is 2. The second-order valence-electron chi connectivity index (χ2n) is 7.89. The van der Waals surface area contributed by atoms with Crippen molar-refractivity contribution in [1.29, 1.82) is 0 Å². The average Bonchev–Trinajstić information content (AvgIpc) is 2.82. The lowest BCUT2D eigenvalue weighted by Gasteiger charge is -2.34. The lowest BCUT2D eigenvalue weighted by atomic mass is 10.1.